The molecular weight excluding hydrogens is 308 g/mol. The van der Waals surface area contributed by atoms with Gasteiger partial charge in [-0.25, -0.2) is 4.79 Å². The fourth-order valence-electron chi connectivity index (χ4n) is 3.08. The Kier molecular flexibility index (Phi) is 3.68. The lowest BCUT2D eigenvalue weighted by Gasteiger charge is -2.05. The molecule has 1 N–H and O–H groups in total. The van der Waals surface area contributed by atoms with E-state index in [2.05, 4.69) is 11.8 Å². The molecule has 2 nitrogen and oxygen atoms in total. The van der Waals surface area contributed by atoms with Gasteiger partial charge < -0.3 is 5.11 Å². The Morgan fingerprint density at radius 2 is 1.24 bits per heavy atom. The van der Waals surface area contributed by atoms with Gasteiger partial charge in [0.1, 0.15) is 0 Å². The first kappa shape index (κ1) is 15.0. The van der Waals surface area contributed by atoms with Crippen molar-refractivity contribution in [1.29, 1.82) is 0 Å². The van der Waals surface area contributed by atoms with E-state index < -0.39 is 5.97 Å². The van der Waals surface area contributed by atoms with Crippen LogP contribution in [0.15, 0.2) is 78.9 Å². The number of benzene rings is 4. The maximum atomic E-state index is 11.8. The first-order valence-electron chi connectivity index (χ1n) is 7.99. The molecule has 0 fully saturated rings. The van der Waals surface area contributed by atoms with Gasteiger partial charge in [-0.2, -0.15) is 0 Å². The fourth-order valence-corrected chi connectivity index (χ4v) is 3.08. The molecule has 0 aliphatic heterocycles. The van der Waals surface area contributed by atoms with Crippen LogP contribution in [0, 0.1) is 11.8 Å². The predicted octanol–water partition coefficient (Wildman–Crippen LogP) is 5.09. The molecule has 4 aromatic rings. The summed E-state index contributed by atoms with van der Waals surface area (Å²) in [6, 6.07) is 25.2. The highest BCUT2D eigenvalue weighted by atomic mass is 16.4. The van der Waals surface area contributed by atoms with Crippen molar-refractivity contribution in [2.45, 2.75) is 0 Å². The van der Waals surface area contributed by atoms with Gasteiger partial charge in [-0.1, -0.05) is 78.6 Å². The lowest BCUT2D eigenvalue weighted by atomic mass is 9.98. The van der Waals surface area contributed by atoms with E-state index in [1.54, 1.807) is 6.07 Å². The minimum Gasteiger partial charge on any atom is -0.478 e. The summed E-state index contributed by atoms with van der Waals surface area (Å²) in [6.45, 7) is 0. The number of carbonyl (C=O) groups is 1. The molecule has 0 saturated heterocycles. The molecule has 2 heteroatoms. The zero-order valence-electron chi connectivity index (χ0n) is 13.4. The Morgan fingerprint density at radius 1 is 0.640 bits per heavy atom. The zero-order valence-corrected chi connectivity index (χ0v) is 13.4. The monoisotopic (exact) mass is 322 g/mol. The average molecular weight is 322 g/mol. The van der Waals surface area contributed by atoms with Crippen molar-refractivity contribution in [2.24, 2.45) is 0 Å². The third-order valence-electron chi connectivity index (χ3n) is 4.26. The molecule has 4 rings (SSSR count). The number of carboxylic acids is 1. The average Bonchev–Trinajstić information content (AvgIpc) is 2.65. The molecule has 0 unspecified atom stereocenters. The molecule has 0 amide bonds. The molecule has 0 spiro atoms. The van der Waals surface area contributed by atoms with Gasteiger partial charge in [0.2, 0.25) is 0 Å². The Labute approximate surface area is 145 Å². The van der Waals surface area contributed by atoms with Crippen molar-refractivity contribution in [3.63, 3.8) is 0 Å². The molecule has 0 heterocycles. The van der Waals surface area contributed by atoms with E-state index >= 15 is 0 Å². The second-order valence-electron chi connectivity index (χ2n) is 5.79. The fraction of sp³-hybridized carbons (Fsp3) is 0. The second-order valence-corrected chi connectivity index (χ2v) is 5.79. The topological polar surface area (TPSA) is 37.3 Å². The normalized spacial score (nSPS) is 10.4. The summed E-state index contributed by atoms with van der Waals surface area (Å²) >= 11 is 0. The van der Waals surface area contributed by atoms with Crippen LogP contribution in [0.1, 0.15) is 21.5 Å². The summed E-state index contributed by atoms with van der Waals surface area (Å²) in [5.74, 6) is 5.26. The number of hydrogen-bond acceptors (Lipinski definition) is 1. The van der Waals surface area contributed by atoms with Gasteiger partial charge in [-0.15, -0.1) is 0 Å². The van der Waals surface area contributed by atoms with Crippen LogP contribution in [0.3, 0.4) is 0 Å². The summed E-state index contributed by atoms with van der Waals surface area (Å²) in [7, 11) is 0. The molecule has 0 aromatic heterocycles. The number of hydrogen-bond donors (Lipinski definition) is 1. The van der Waals surface area contributed by atoms with E-state index in [0.29, 0.717) is 10.9 Å². The first-order valence-corrected chi connectivity index (χ1v) is 7.99. The molecule has 0 aliphatic rings. The highest BCUT2D eigenvalue weighted by Gasteiger charge is 2.12. The van der Waals surface area contributed by atoms with Crippen molar-refractivity contribution in [3.05, 3.63) is 95.6 Å². The summed E-state index contributed by atoms with van der Waals surface area (Å²) < 4.78 is 0. The molecule has 25 heavy (non-hydrogen) atoms. The van der Waals surface area contributed by atoms with Crippen molar-refractivity contribution in [1.82, 2.24) is 0 Å². The van der Waals surface area contributed by atoms with Crippen molar-refractivity contribution in [3.8, 4) is 11.8 Å². The third-order valence-corrected chi connectivity index (χ3v) is 4.26. The predicted molar refractivity (Wildman–Crippen MR) is 101 cm³/mol. The smallest absolute Gasteiger partial charge is 0.337 e. The van der Waals surface area contributed by atoms with Crippen molar-refractivity contribution in [2.75, 3.05) is 0 Å². The van der Waals surface area contributed by atoms with Gasteiger partial charge >= 0.3 is 5.97 Å². The van der Waals surface area contributed by atoms with E-state index in [1.165, 1.54) is 0 Å². The zero-order chi connectivity index (χ0) is 17.2. The summed E-state index contributed by atoms with van der Waals surface area (Å²) in [5.41, 5.74) is 1.67. The number of rotatable bonds is 1. The van der Waals surface area contributed by atoms with Gasteiger partial charge in [-0.05, 0) is 33.7 Å². The number of carboxylic acid groups (broad SMARTS) is 1. The van der Waals surface area contributed by atoms with Crippen LogP contribution in [0.2, 0.25) is 0 Å². The first-order chi connectivity index (χ1) is 12.2. The lowest BCUT2D eigenvalue weighted by molar-refractivity contribution is 0.0699. The Hall–Kier alpha value is -3.57. The lowest BCUT2D eigenvalue weighted by Crippen LogP contribution is -2.01. The summed E-state index contributed by atoms with van der Waals surface area (Å²) in [6.07, 6.45) is 0. The molecule has 4 aromatic carbocycles. The van der Waals surface area contributed by atoms with Crippen LogP contribution >= 0.6 is 0 Å². The maximum absolute atomic E-state index is 11.8. The Morgan fingerprint density at radius 3 is 2.00 bits per heavy atom. The van der Waals surface area contributed by atoms with Crippen LogP contribution < -0.4 is 0 Å². The number of aromatic carboxylic acids is 1. The van der Waals surface area contributed by atoms with E-state index in [1.807, 2.05) is 72.8 Å². The van der Waals surface area contributed by atoms with Gasteiger partial charge in [-0.3, -0.25) is 0 Å². The van der Waals surface area contributed by atoms with Crippen LogP contribution in [0.25, 0.3) is 21.5 Å². The maximum Gasteiger partial charge on any atom is 0.337 e. The molecule has 0 bridgehead atoms. The highest BCUT2D eigenvalue weighted by molar-refractivity contribution is 6.06. The van der Waals surface area contributed by atoms with E-state index in [4.69, 9.17) is 0 Å². The minimum absolute atomic E-state index is 0.255. The highest BCUT2D eigenvalue weighted by Crippen LogP contribution is 2.23. The van der Waals surface area contributed by atoms with Crippen LogP contribution in [0.5, 0.6) is 0 Å². The molecule has 0 saturated carbocycles. The van der Waals surface area contributed by atoms with Gasteiger partial charge in [0.15, 0.2) is 0 Å². The van der Waals surface area contributed by atoms with Crippen LogP contribution in [0.4, 0.5) is 0 Å². The SMILES string of the molecule is O=C(O)c1c(C#Cc2cccc3ccccc23)ccc2ccccc12. The van der Waals surface area contributed by atoms with E-state index in [-0.39, 0.29) is 5.56 Å². The minimum atomic E-state index is -0.959. The van der Waals surface area contributed by atoms with Crippen LogP contribution in [-0.2, 0) is 0 Å². The molecule has 118 valence electrons. The van der Waals surface area contributed by atoms with Gasteiger partial charge in [0.25, 0.3) is 0 Å². The standard InChI is InChI=1S/C23H14O2/c24-23(25)22-19(15-13-18-7-2-4-11-21(18)22)14-12-17-9-5-8-16-6-1-3-10-20(16)17/h1-11,13,15H,(H,24,25). The molecule has 0 aliphatic carbocycles. The van der Waals surface area contributed by atoms with Crippen molar-refractivity contribution >= 4 is 27.5 Å². The van der Waals surface area contributed by atoms with Crippen molar-refractivity contribution < 1.29 is 9.90 Å². The largest absolute Gasteiger partial charge is 0.478 e. The summed E-state index contributed by atoms with van der Waals surface area (Å²) in [4.78, 5) is 11.8. The summed E-state index contributed by atoms with van der Waals surface area (Å²) in [5, 5.41) is 13.5. The van der Waals surface area contributed by atoms with Crippen LogP contribution in [-0.4, -0.2) is 11.1 Å². The molecule has 0 atom stereocenters. The van der Waals surface area contributed by atoms with E-state index in [0.717, 1.165) is 21.7 Å². The quantitative estimate of drug-likeness (QED) is 0.496. The Balaban J connectivity index is 1.91. The third kappa shape index (κ3) is 2.73. The van der Waals surface area contributed by atoms with Gasteiger partial charge in [0, 0.05) is 11.1 Å². The molecular formula is C23H14O2. The van der Waals surface area contributed by atoms with E-state index in [9.17, 15) is 9.90 Å². The molecule has 0 radical (unpaired) electrons. The second kappa shape index (κ2) is 6.14. The number of fused-ring (bicyclic) bond motifs is 2. The van der Waals surface area contributed by atoms with Gasteiger partial charge in [0.05, 0.1) is 5.56 Å². The Bertz CT molecular complexity index is 1170.